The third-order valence-corrected chi connectivity index (χ3v) is 6.52. The number of methoxy groups -OCH3 is 1. The Morgan fingerprint density at radius 1 is 1.07 bits per heavy atom. The van der Waals surface area contributed by atoms with E-state index in [9.17, 15) is 0 Å². The van der Waals surface area contributed by atoms with Gasteiger partial charge in [0.15, 0.2) is 11.5 Å². The molecule has 0 unspecified atom stereocenters. The van der Waals surface area contributed by atoms with Gasteiger partial charge in [0.1, 0.15) is 5.82 Å². The fraction of sp³-hybridized carbons (Fsp3) is 0.652. The van der Waals surface area contributed by atoms with Crippen LogP contribution in [0.15, 0.2) is 12.1 Å². The fourth-order valence-corrected chi connectivity index (χ4v) is 4.69. The zero-order valence-electron chi connectivity index (χ0n) is 18.3. The van der Waals surface area contributed by atoms with Gasteiger partial charge in [-0.05, 0) is 65.5 Å². The highest BCUT2D eigenvalue weighted by molar-refractivity contribution is 5.85. The maximum atomic E-state index is 6.23. The number of benzene rings is 1. The smallest absolute Gasteiger partial charge is 0.163 e. The molecule has 1 atom stereocenters. The van der Waals surface area contributed by atoms with Gasteiger partial charge >= 0.3 is 0 Å². The first-order chi connectivity index (χ1) is 14.1. The van der Waals surface area contributed by atoms with Gasteiger partial charge in [0.2, 0.25) is 0 Å². The summed E-state index contributed by atoms with van der Waals surface area (Å²) in [5, 5.41) is 1.10. The monoisotopic (exact) mass is 398 g/mol. The van der Waals surface area contributed by atoms with Crippen LogP contribution < -0.4 is 9.47 Å². The van der Waals surface area contributed by atoms with Crippen molar-refractivity contribution in [3.8, 4) is 11.5 Å². The topological polar surface area (TPSA) is 50.7 Å². The molecule has 158 valence electrons. The molecule has 0 spiro atoms. The summed E-state index contributed by atoms with van der Waals surface area (Å²) in [6, 6.07) is 4.14. The first-order valence-electron chi connectivity index (χ1n) is 11.0. The minimum absolute atomic E-state index is 0.477. The molecule has 2 aliphatic rings. The van der Waals surface area contributed by atoms with Crippen LogP contribution in [0.1, 0.15) is 43.6 Å². The Kier molecular flexibility index (Phi) is 6.20. The molecule has 4 rings (SSSR count). The number of fused-ring (bicyclic) bond motifs is 1. The minimum atomic E-state index is 0.477. The number of hydrogen-bond donors (Lipinski definition) is 0. The molecule has 6 heteroatoms. The van der Waals surface area contributed by atoms with Crippen LogP contribution in [0.5, 0.6) is 11.5 Å². The lowest BCUT2D eigenvalue weighted by atomic mass is 9.91. The molecule has 1 aromatic carbocycles. The number of rotatable bonds is 6. The van der Waals surface area contributed by atoms with Crippen LogP contribution in [0.4, 0.5) is 0 Å². The van der Waals surface area contributed by atoms with Gasteiger partial charge < -0.3 is 19.3 Å². The molecule has 0 radical (unpaired) electrons. The van der Waals surface area contributed by atoms with Crippen molar-refractivity contribution < 1.29 is 9.47 Å². The summed E-state index contributed by atoms with van der Waals surface area (Å²) >= 11 is 0. The molecule has 2 saturated heterocycles. The summed E-state index contributed by atoms with van der Waals surface area (Å²) < 4.78 is 11.9. The van der Waals surface area contributed by atoms with Crippen molar-refractivity contribution in [1.29, 1.82) is 0 Å². The van der Waals surface area contributed by atoms with Gasteiger partial charge in [0.25, 0.3) is 0 Å². The fourth-order valence-electron chi connectivity index (χ4n) is 4.69. The Balaban J connectivity index is 1.60. The summed E-state index contributed by atoms with van der Waals surface area (Å²) in [6.45, 7) is 10.6. The Labute approximate surface area is 174 Å². The van der Waals surface area contributed by atoms with Gasteiger partial charge in [-0.25, -0.2) is 9.97 Å². The van der Waals surface area contributed by atoms with Crippen molar-refractivity contribution in [3.63, 3.8) is 0 Å². The van der Waals surface area contributed by atoms with Gasteiger partial charge in [-0.2, -0.15) is 0 Å². The van der Waals surface area contributed by atoms with Gasteiger partial charge in [-0.15, -0.1) is 0 Å². The van der Waals surface area contributed by atoms with E-state index in [1.807, 2.05) is 13.0 Å². The summed E-state index contributed by atoms with van der Waals surface area (Å²) in [5.74, 6) is 3.46. The number of piperidine rings is 1. The SMILES string of the molecule is CCN1CC[C@@H](COc2cc3nc(C)nc(C4CCN(C)CC4)c3cc2OC)C1. The molecule has 6 nitrogen and oxygen atoms in total. The minimum Gasteiger partial charge on any atom is -0.493 e. The second kappa shape index (κ2) is 8.84. The molecule has 2 aliphatic heterocycles. The third kappa shape index (κ3) is 4.48. The summed E-state index contributed by atoms with van der Waals surface area (Å²) in [6.07, 6.45) is 3.47. The van der Waals surface area contributed by atoms with E-state index in [0.29, 0.717) is 11.8 Å². The van der Waals surface area contributed by atoms with Crippen LogP contribution >= 0.6 is 0 Å². The predicted molar refractivity (Wildman–Crippen MR) is 116 cm³/mol. The first kappa shape index (κ1) is 20.4. The van der Waals surface area contributed by atoms with Crippen molar-refractivity contribution >= 4 is 10.9 Å². The van der Waals surface area contributed by atoms with E-state index < -0.39 is 0 Å². The number of aryl methyl sites for hydroxylation is 1. The zero-order valence-corrected chi connectivity index (χ0v) is 18.3. The number of ether oxygens (including phenoxy) is 2. The van der Waals surface area contributed by atoms with Gasteiger partial charge in [-0.1, -0.05) is 6.92 Å². The van der Waals surface area contributed by atoms with Crippen LogP contribution in [0.25, 0.3) is 10.9 Å². The molecule has 0 aliphatic carbocycles. The van der Waals surface area contributed by atoms with Crippen molar-refractivity contribution in [1.82, 2.24) is 19.8 Å². The van der Waals surface area contributed by atoms with E-state index in [4.69, 9.17) is 19.4 Å². The highest BCUT2D eigenvalue weighted by Gasteiger charge is 2.25. The van der Waals surface area contributed by atoms with Crippen LogP contribution in [0.2, 0.25) is 0 Å². The van der Waals surface area contributed by atoms with Crippen LogP contribution in [-0.2, 0) is 0 Å². The Bertz CT molecular complexity index is 848. The summed E-state index contributed by atoms with van der Waals surface area (Å²) in [7, 11) is 3.91. The standard InChI is InChI=1S/C23H34N4O2/c1-5-27-11-6-17(14-27)15-29-22-13-20-19(12-21(22)28-4)23(25-16(2)24-20)18-7-9-26(3)10-8-18/h12-13,17-18H,5-11,14-15H2,1-4H3/t17-/m1/s1. The molecular weight excluding hydrogens is 364 g/mol. The Hall–Kier alpha value is -1.92. The molecule has 0 bridgehead atoms. The van der Waals surface area contributed by atoms with Crippen LogP contribution in [-0.4, -0.2) is 73.3 Å². The van der Waals surface area contributed by atoms with E-state index in [1.54, 1.807) is 7.11 Å². The van der Waals surface area contributed by atoms with E-state index in [0.717, 1.165) is 73.9 Å². The highest BCUT2D eigenvalue weighted by Crippen LogP contribution is 2.37. The van der Waals surface area contributed by atoms with Gasteiger partial charge in [-0.3, -0.25) is 0 Å². The van der Waals surface area contributed by atoms with Crippen molar-refractivity contribution in [2.24, 2.45) is 5.92 Å². The molecule has 2 aromatic rings. The van der Waals surface area contributed by atoms with E-state index in [1.165, 1.54) is 18.7 Å². The molecule has 0 saturated carbocycles. The predicted octanol–water partition coefficient (Wildman–Crippen LogP) is 3.48. The third-order valence-electron chi connectivity index (χ3n) is 6.52. The molecule has 29 heavy (non-hydrogen) atoms. The Morgan fingerprint density at radius 3 is 2.55 bits per heavy atom. The van der Waals surface area contributed by atoms with E-state index in [-0.39, 0.29) is 0 Å². The van der Waals surface area contributed by atoms with Crippen LogP contribution in [0, 0.1) is 12.8 Å². The van der Waals surface area contributed by atoms with Crippen molar-refractivity contribution in [3.05, 3.63) is 23.7 Å². The molecule has 1 aromatic heterocycles. The lowest BCUT2D eigenvalue weighted by molar-refractivity contribution is 0.234. The first-order valence-corrected chi connectivity index (χ1v) is 11.0. The molecular formula is C23H34N4O2. The summed E-state index contributed by atoms with van der Waals surface area (Å²) in [5.41, 5.74) is 2.13. The molecule has 0 amide bonds. The largest absolute Gasteiger partial charge is 0.493 e. The number of nitrogens with zero attached hydrogens (tertiary/aromatic N) is 4. The van der Waals surface area contributed by atoms with Crippen molar-refractivity contribution in [2.75, 3.05) is 53.5 Å². The molecule has 2 fully saturated rings. The average Bonchev–Trinajstić information content (AvgIpc) is 3.19. The number of hydrogen-bond acceptors (Lipinski definition) is 6. The van der Waals surface area contributed by atoms with E-state index in [2.05, 4.69) is 29.8 Å². The van der Waals surface area contributed by atoms with E-state index >= 15 is 0 Å². The number of aromatic nitrogens is 2. The molecule has 3 heterocycles. The summed E-state index contributed by atoms with van der Waals surface area (Å²) in [4.78, 5) is 14.4. The number of likely N-dealkylation sites (tertiary alicyclic amines) is 2. The zero-order chi connectivity index (χ0) is 20.4. The average molecular weight is 399 g/mol. The maximum absolute atomic E-state index is 6.23. The van der Waals surface area contributed by atoms with Gasteiger partial charge in [0.05, 0.1) is 24.9 Å². The highest BCUT2D eigenvalue weighted by atomic mass is 16.5. The van der Waals surface area contributed by atoms with Gasteiger partial charge in [0, 0.05) is 29.8 Å². The van der Waals surface area contributed by atoms with Crippen molar-refractivity contribution in [2.45, 2.75) is 39.0 Å². The lowest BCUT2D eigenvalue weighted by Crippen LogP contribution is -2.29. The second-order valence-electron chi connectivity index (χ2n) is 8.61. The Morgan fingerprint density at radius 2 is 1.86 bits per heavy atom. The van der Waals surface area contributed by atoms with Crippen LogP contribution in [0.3, 0.4) is 0 Å². The normalized spacial score (nSPS) is 21.7. The maximum Gasteiger partial charge on any atom is 0.163 e. The lowest BCUT2D eigenvalue weighted by Gasteiger charge is -2.29. The molecule has 0 N–H and O–H groups in total. The quantitative estimate of drug-likeness (QED) is 0.743. The second-order valence-corrected chi connectivity index (χ2v) is 8.61.